The monoisotopic (exact) mass is 270 g/mol. The number of hydrogen-bond acceptors (Lipinski definition) is 4. The van der Waals surface area contributed by atoms with E-state index in [9.17, 15) is 4.39 Å². The van der Waals surface area contributed by atoms with E-state index in [2.05, 4.69) is 0 Å². The van der Waals surface area contributed by atoms with E-state index in [4.69, 9.17) is 15.6 Å². The second-order valence-electron chi connectivity index (χ2n) is 4.76. The van der Waals surface area contributed by atoms with E-state index in [1.165, 1.54) is 13.2 Å². The molecule has 0 spiro atoms. The molecule has 0 radical (unpaired) electrons. The zero-order valence-corrected chi connectivity index (χ0v) is 11.8. The molecule has 0 saturated heterocycles. The van der Waals surface area contributed by atoms with E-state index in [1.54, 1.807) is 12.1 Å². The fraction of sp³-hybridized carbons (Fsp3) is 0.571. The molecule has 4 nitrogen and oxygen atoms in total. The van der Waals surface area contributed by atoms with Gasteiger partial charge in [-0.2, -0.15) is 0 Å². The Bertz CT molecular complexity index is 401. The predicted octanol–water partition coefficient (Wildman–Crippen LogP) is 1.54. The minimum atomic E-state index is -0.426. The van der Waals surface area contributed by atoms with Crippen LogP contribution < -0.4 is 10.5 Å². The zero-order valence-electron chi connectivity index (χ0n) is 11.8. The molecule has 0 heterocycles. The highest BCUT2D eigenvalue weighted by Crippen LogP contribution is 2.28. The lowest BCUT2D eigenvalue weighted by atomic mass is 10.0. The summed E-state index contributed by atoms with van der Waals surface area (Å²) in [5.41, 5.74) is 6.47. The largest absolute Gasteiger partial charge is 0.496 e. The number of hydrogen-bond donors (Lipinski definition) is 2. The number of benzene rings is 1. The average Bonchev–Trinajstić information content (AvgIpc) is 2.42. The predicted molar refractivity (Wildman–Crippen MR) is 73.7 cm³/mol. The maximum absolute atomic E-state index is 13.8. The summed E-state index contributed by atoms with van der Waals surface area (Å²) in [6.07, 6.45) is 0.595. The van der Waals surface area contributed by atoms with Crippen molar-refractivity contribution in [3.05, 3.63) is 29.6 Å². The van der Waals surface area contributed by atoms with Crippen LogP contribution in [0.5, 0.6) is 5.75 Å². The standard InChI is InChI=1S/C14H23FN2O2/c1-10(9-18)17(2)8-7-12(16)14-11(15)5-4-6-13(14)19-3/h4-6,10,12,18H,7-9,16H2,1-3H3. The van der Waals surface area contributed by atoms with Crippen LogP contribution in [-0.4, -0.2) is 43.4 Å². The second kappa shape index (κ2) is 7.43. The third kappa shape index (κ3) is 4.16. The summed E-state index contributed by atoms with van der Waals surface area (Å²) in [4.78, 5) is 1.99. The lowest BCUT2D eigenvalue weighted by Crippen LogP contribution is -2.34. The van der Waals surface area contributed by atoms with E-state index in [1.807, 2.05) is 18.9 Å². The van der Waals surface area contributed by atoms with Gasteiger partial charge in [0, 0.05) is 24.2 Å². The molecule has 0 aliphatic carbocycles. The Morgan fingerprint density at radius 3 is 2.74 bits per heavy atom. The van der Waals surface area contributed by atoms with E-state index < -0.39 is 6.04 Å². The topological polar surface area (TPSA) is 58.7 Å². The fourth-order valence-corrected chi connectivity index (χ4v) is 1.90. The molecule has 1 aromatic rings. The highest BCUT2D eigenvalue weighted by Gasteiger charge is 2.18. The molecule has 0 aromatic heterocycles. The number of nitrogens with zero attached hydrogens (tertiary/aromatic N) is 1. The Morgan fingerprint density at radius 1 is 1.47 bits per heavy atom. The molecule has 108 valence electrons. The van der Waals surface area contributed by atoms with E-state index in [0.29, 0.717) is 24.3 Å². The molecule has 0 fully saturated rings. The van der Waals surface area contributed by atoms with Gasteiger partial charge in [0.05, 0.1) is 13.7 Å². The maximum atomic E-state index is 13.8. The van der Waals surface area contributed by atoms with Crippen molar-refractivity contribution >= 4 is 0 Å². The molecule has 0 amide bonds. The van der Waals surface area contributed by atoms with Crippen molar-refractivity contribution in [3.63, 3.8) is 0 Å². The molecule has 2 atom stereocenters. The Balaban J connectivity index is 2.71. The van der Waals surface area contributed by atoms with Crippen LogP contribution in [0.1, 0.15) is 24.9 Å². The van der Waals surface area contributed by atoms with E-state index in [0.717, 1.165) is 0 Å². The highest BCUT2D eigenvalue weighted by molar-refractivity contribution is 5.37. The van der Waals surface area contributed by atoms with Crippen molar-refractivity contribution in [1.82, 2.24) is 4.90 Å². The van der Waals surface area contributed by atoms with Crippen LogP contribution in [0, 0.1) is 5.82 Å². The minimum absolute atomic E-state index is 0.0646. The van der Waals surface area contributed by atoms with E-state index in [-0.39, 0.29) is 18.5 Å². The minimum Gasteiger partial charge on any atom is -0.496 e. The number of ether oxygens (including phenoxy) is 1. The number of methoxy groups -OCH3 is 1. The number of aliphatic hydroxyl groups excluding tert-OH is 1. The molecular formula is C14H23FN2O2. The van der Waals surface area contributed by atoms with E-state index >= 15 is 0 Å². The fourth-order valence-electron chi connectivity index (χ4n) is 1.90. The summed E-state index contributed by atoms with van der Waals surface area (Å²) < 4.78 is 19.0. The SMILES string of the molecule is COc1cccc(F)c1C(N)CCN(C)C(C)CO. The van der Waals surface area contributed by atoms with Gasteiger partial charge in [0.25, 0.3) is 0 Å². The first-order chi connectivity index (χ1) is 9.01. The van der Waals surface area contributed by atoms with Crippen LogP contribution in [0.3, 0.4) is 0 Å². The molecule has 0 aliphatic heterocycles. The lowest BCUT2D eigenvalue weighted by Gasteiger charge is -2.25. The number of nitrogens with two attached hydrogens (primary N) is 1. The van der Waals surface area contributed by atoms with Gasteiger partial charge in [-0.25, -0.2) is 4.39 Å². The summed E-state index contributed by atoms with van der Waals surface area (Å²) >= 11 is 0. The quantitative estimate of drug-likeness (QED) is 0.789. The third-order valence-corrected chi connectivity index (χ3v) is 3.41. The molecule has 0 saturated carbocycles. The van der Waals surface area contributed by atoms with Crippen LogP contribution in [0.2, 0.25) is 0 Å². The molecular weight excluding hydrogens is 247 g/mol. The first kappa shape index (κ1) is 15.9. The number of likely N-dealkylation sites (N-methyl/N-ethyl adjacent to an activating group) is 1. The molecule has 19 heavy (non-hydrogen) atoms. The van der Waals surface area contributed by atoms with Crippen molar-refractivity contribution in [1.29, 1.82) is 0 Å². The van der Waals surface area contributed by atoms with Crippen LogP contribution in [0.4, 0.5) is 4.39 Å². The average molecular weight is 270 g/mol. The molecule has 3 N–H and O–H groups in total. The van der Waals surface area contributed by atoms with Gasteiger partial charge < -0.3 is 20.5 Å². The Labute approximate surface area is 114 Å². The van der Waals surface area contributed by atoms with Crippen molar-refractivity contribution in [2.24, 2.45) is 5.73 Å². The summed E-state index contributed by atoms with van der Waals surface area (Å²) in [5.74, 6) is 0.134. The number of aliphatic hydroxyl groups is 1. The van der Waals surface area contributed by atoms with Crippen LogP contribution in [0.25, 0.3) is 0 Å². The van der Waals surface area contributed by atoms with Crippen molar-refractivity contribution in [2.45, 2.75) is 25.4 Å². The molecule has 0 bridgehead atoms. The second-order valence-corrected chi connectivity index (χ2v) is 4.76. The smallest absolute Gasteiger partial charge is 0.131 e. The summed E-state index contributed by atoms with van der Waals surface area (Å²) in [5, 5.41) is 9.06. The maximum Gasteiger partial charge on any atom is 0.131 e. The van der Waals surface area contributed by atoms with Gasteiger partial charge in [-0.3, -0.25) is 0 Å². The number of rotatable bonds is 7. The van der Waals surface area contributed by atoms with Gasteiger partial charge in [0.15, 0.2) is 0 Å². The summed E-state index contributed by atoms with van der Waals surface area (Å²) in [6, 6.07) is 4.33. The molecule has 0 aliphatic rings. The van der Waals surface area contributed by atoms with Gasteiger partial charge in [-0.1, -0.05) is 6.07 Å². The normalized spacial score (nSPS) is 14.5. The van der Waals surface area contributed by atoms with Gasteiger partial charge >= 0.3 is 0 Å². The van der Waals surface area contributed by atoms with Gasteiger partial charge in [0.1, 0.15) is 11.6 Å². The summed E-state index contributed by atoms with van der Waals surface area (Å²) in [6.45, 7) is 2.70. The molecule has 1 aromatic carbocycles. The van der Waals surface area contributed by atoms with Crippen LogP contribution in [0.15, 0.2) is 18.2 Å². The molecule has 1 rings (SSSR count). The summed E-state index contributed by atoms with van der Waals surface area (Å²) in [7, 11) is 3.41. The number of halogens is 1. The van der Waals surface area contributed by atoms with Crippen LogP contribution in [-0.2, 0) is 0 Å². The zero-order chi connectivity index (χ0) is 14.4. The first-order valence-electron chi connectivity index (χ1n) is 6.40. The van der Waals surface area contributed by atoms with Crippen molar-refractivity contribution in [3.8, 4) is 5.75 Å². The molecule has 2 unspecified atom stereocenters. The Hall–Kier alpha value is -1.17. The van der Waals surface area contributed by atoms with Gasteiger partial charge in [-0.05, 0) is 32.5 Å². The van der Waals surface area contributed by atoms with Gasteiger partial charge in [-0.15, -0.1) is 0 Å². The Kier molecular flexibility index (Phi) is 6.21. The van der Waals surface area contributed by atoms with Crippen molar-refractivity contribution < 1.29 is 14.2 Å². The first-order valence-corrected chi connectivity index (χ1v) is 6.40. The van der Waals surface area contributed by atoms with Crippen molar-refractivity contribution in [2.75, 3.05) is 27.3 Å². The third-order valence-electron chi connectivity index (χ3n) is 3.41. The van der Waals surface area contributed by atoms with Crippen LogP contribution >= 0.6 is 0 Å². The van der Waals surface area contributed by atoms with Gasteiger partial charge in [0.2, 0.25) is 0 Å². The highest BCUT2D eigenvalue weighted by atomic mass is 19.1. The lowest BCUT2D eigenvalue weighted by molar-refractivity contribution is 0.155. The Morgan fingerprint density at radius 2 is 2.16 bits per heavy atom. The molecule has 5 heteroatoms.